The maximum Gasteiger partial charge on any atom is 0.119 e. The Labute approximate surface area is 124 Å². The molecule has 4 heteroatoms. The third kappa shape index (κ3) is 4.87. The zero-order chi connectivity index (χ0) is 14.4. The van der Waals surface area contributed by atoms with Crippen LogP contribution in [0.2, 0.25) is 0 Å². The molecule has 1 atom stereocenters. The van der Waals surface area contributed by atoms with Crippen molar-refractivity contribution >= 4 is 11.8 Å². The molecular formula is C16H19NO2S. The molecule has 0 fully saturated rings. The number of hydrogen-bond acceptors (Lipinski definition) is 4. The number of benzene rings is 1. The number of aliphatic hydroxyl groups is 1. The number of aryl methyl sites for hydroxylation is 2. The smallest absolute Gasteiger partial charge is 0.119 e. The van der Waals surface area contributed by atoms with Crippen LogP contribution < -0.4 is 4.74 Å². The van der Waals surface area contributed by atoms with Crippen LogP contribution in [0.5, 0.6) is 5.75 Å². The second-order valence-electron chi connectivity index (χ2n) is 4.77. The lowest BCUT2D eigenvalue weighted by atomic mass is 10.1. The minimum absolute atomic E-state index is 0.294. The number of hydrogen-bond donors (Lipinski definition) is 1. The molecule has 1 N–H and O–H groups in total. The molecule has 3 nitrogen and oxygen atoms in total. The van der Waals surface area contributed by atoms with Gasteiger partial charge >= 0.3 is 0 Å². The topological polar surface area (TPSA) is 42.4 Å². The zero-order valence-electron chi connectivity index (χ0n) is 11.7. The molecule has 0 unspecified atom stereocenters. The summed E-state index contributed by atoms with van der Waals surface area (Å²) in [6, 6.07) is 11.8. The highest BCUT2D eigenvalue weighted by Gasteiger charge is 2.07. The highest BCUT2D eigenvalue weighted by Crippen LogP contribution is 2.18. The van der Waals surface area contributed by atoms with Gasteiger partial charge in [0.25, 0.3) is 0 Å². The monoisotopic (exact) mass is 289 g/mol. The molecule has 0 aliphatic heterocycles. The van der Waals surface area contributed by atoms with Gasteiger partial charge in [0.2, 0.25) is 0 Å². The first-order valence-corrected chi connectivity index (χ1v) is 7.55. The van der Waals surface area contributed by atoms with Crippen LogP contribution in [0.15, 0.2) is 47.6 Å². The molecule has 20 heavy (non-hydrogen) atoms. The SMILES string of the molecule is Cc1cc(C)cc(OC[C@@H](O)CSc2ccccn2)c1. The van der Waals surface area contributed by atoms with Crippen LogP contribution in [0.25, 0.3) is 0 Å². The average Bonchev–Trinajstić information content (AvgIpc) is 2.43. The lowest BCUT2D eigenvalue weighted by molar-refractivity contribution is 0.126. The summed E-state index contributed by atoms with van der Waals surface area (Å²) >= 11 is 1.53. The third-order valence-electron chi connectivity index (χ3n) is 2.70. The summed E-state index contributed by atoms with van der Waals surface area (Å²) in [6.07, 6.45) is 1.24. The number of aromatic nitrogens is 1. The lowest BCUT2D eigenvalue weighted by Crippen LogP contribution is -2.20. The van der Waals surface area contributed by atoms with Crippen LogP contribution in [0.4, 0.5) is 0 Å². The Morgan fingerprint density at radius 2 is 1.95 bits per heavy atom. The molecule has 2 rings (SSSR count). The Bertz CT molecular complexity index is 525. The van der Waals surface area contributed by atoms with Crippen LogP contribution >= 0.6 is 11.8 Å². The number of rotatable bonds is 6. The minimum atomic E-state index is -0.511. The van der Waals surface area contributed by atoms with Gasteiger partial charge in [-0.25, -0.2) is 4.98 Å². The van der Waals surface area contributed by atoms with Crippen LogP contribution in [0.3, 0.4) is 0 Å². The molecule has 2 aromatic rings. The van der Waals surface area contributed by atoms with Gasteiger partial charge in [0.15, 0.2) is 0 Å². The number of aliphatic hydroxyl groups excluding tert-OH is 1. The lowest BCUT2D eigenvalue weighted by Gasteiger charge is -2.12. The number of thioether (sulfide) groups is 1. The molecule has 1 aromatic heterocycles. The molecule has 1 heterocycles. The maximum absolute atomic E-state index is 9.94. The first-order valence-electron chi connectivity index (χ1n) is 6.56. The summed E-state index contributed by atoms with van der Waals surface area (Å²) in [4.78, 5) is 4.20. The van der Waals surface area contributed by atoms with E-state index in [9.17, 15) is 5.11 Å². The van der Waals surface area contributed by atoms with Crippen molar-refractivity contribution in [1.29, 1.82) is 0 Å². The highest BCUT2D eigenvalue weighted by molar-refractivity contribution is 7.99. The van der Waals surface area contributed by atoms with E-state index < -0.39 is 6.10 Å². The normalized spacial score (nSPS) is 12.2. The third-order valence-corrected chi connectivity index (χ3v) is 3.79. The Hall–Kier alpha value is -1.52. The summed E-state index contributed by atoms with van der Waals surface area (Å²) in [5.74, 6) is 1.38. The molecule has 1 aromatic carbocycles. The second kappa shape index (κ2) is 7.31. The Morgan fingerprint density at radius 1 is 1.20 bits per heavy atom. The summed E-state index contributed by atoms with van der Waals surface area (Å²) in [7, 11) is 0. The second-order valence-corrected chi connectivity index (χ2v) is 5.81. The van der Waals surface area contributed by atoms with Crippen molar-refractivity contribution in [2.45, 2.75) is 25.0 Å². The van der Waals surface area contributed by atoms with Crippen molar-refractivity contribution in [2.75, 3.05) is 12.4 Å². The molecular weight excluding hydrogens is 270 g/mol. The minimum Gasteiger partial charge on any atom is -0.491 e. The van der Waals surface area contributed by atoms with Crippen molar-refractivity contribution in [1.82, 2.24) is 4.98 Å². The van der Waals surface area contributed by atoms with Crippen LogP contribution in [0, 0.1) is 13.8 Å². The zero-order valence-corrected chi connectivity index (χ0v) is 12.6. The van der Waals surface area contributed by atoms with Crippen molar-refractivity contribution in [3.05, 3.63) is 53.7 Å². The van der Waals surface area contributed by atoms with Gasteiger partial charge < -0.3 is 9.84 Å². The molecule has 0 aliphatic carbocycles. The Balaban J connectivity index is 1.78. The van der Waals surface area contributed by atoms with Gasteiger partial charge in [-0.1, -0.05) is 12.1 Å². The molecule has 0 saturated heterocycles. The van der Waals surface area contributed by atoms with E-state index in [4.69, 9.17) is 4.74 Å². The fourth-order valence-electron chi connectivity index (χ4n) is 1.87. The molecule has 0 radical (unpaired) electrons. The summed E-state index contributed by atoms with van der Waals surface area (Å²) in [5, 5.41) is 10.9. The van der Waals surface area contributed by atoms with Gasteiger partial charge in [0.05, 0.1) is 11.1 Å². The Kier molecular flexibility index (Phi) is 5.44. The fourth-order valence-corrected chi connectivity index (χ4v) is 2.64. The number of pyridine rings is 1. The van der Waals surface area contributed by atoms with Crippen LogP contribution in [-0.2, 0) is 0 Å². The van der Waals surface area contributed by atoms with Gasteiger partial charge in [-0.05, 0) is 49.2 Å². The van der Waals surface area contributed by atoms with Crippen LogP contribution in [-0.4, -0.2) is 28.6 Å². The molecule has 106 valence electrons. The standard InChI is InChI=1S/C16H19NO2S/c1-12-7-13(2)9-15(8-12)19-10-14(18)11-20-16-5-3-4-6-17-16/h3-9,14,18H,10-11H2,1-2H3/t14-/m1/s1. The van der Waals surface area contributed by atoms with Gasteiger partial charge in [0, 0.05) is 11.9 Å². The van der Waals surface area contributed by atoms with E-state index in [1.807, 2.05) is 44.2 Å². The quantitative estimate of drug-likeness (QED) is 0.829. The van der Waals surface area contributed by atoms with Gasteiger partial charge in [0.1, 0.15) is 12.4 Å². The first-order chi connectivity index (χ1) is 9.63. The van der Waals surface area contributed by atoms with Crippen molar-refractivity contribution in [3.63, 3.8) is 0 Å². The van der Waals surface area contributed by atoms with Gasteiger partial charge in [-0.15, -0.1) is 11.8 Å². The summed E-state index contributed by atoms with van der Waals surface area (Å²) in [5.41, 5.74) is 2.33. The molecule has 0 bridgehead atoms. The molecule has 0 amide bonds. The maximum atomic E-state index is 9.94. The van der Waals surface area contributed by atoms with Crippen LogP contribution in [0.1, 0.15) is 11.1 Å². The number of ether oxygens (including phenoxy) is 1. The Morgan fingerprint density at radius 3 is 2.60 bits per heavy atom. The van der Waals surface area contributed by atoms with E-state index in [2.05, 4.69) is 11.1 Å². The summed E-state index contributed by atoms with van der Waals surface area (Å²) < 4.78 is 5.63. The average molecular weight is 289 g/mol. The summed E-state index contributed by atoms with van der Waals surface area (Å²) in [6.45, 7) is 4.36. The molecule has 0 spiro atoms. The number of nitrogens with zero attached hydrogens (tertiary/aromatic N) is 1. The van der Waals surface area contributed by atoms with E-state index in [0.29, 0.717) is 12.4 Å². The van der Waals surface area contributed by atoms with Crippen molar-refractivity contribution in [2.24, 2.45) is 0 Å². The molecule has 0 aliphatic rings. The van der Waals surface area contributed by atoms with E-state index in [-0.39, 0.29) is 0 Å². The highest BCUT2D eigenvalue weighted by atomic mass is 32.2. The largest absolute Gasteiger partial charge is 0.491 e. The van der Waals surface area contributed by atoms with Gasteiger partial charge in [-0.2, -0.15) is 0 Å². The van der Waals surface area contributed by atoms with E-state index in [1.54, 1.807) is 6.20 Å². The van der Waals surface area contributed by atoms with E-state index in [1.165, 1.54) is 11.8 Å². The van der Waals surface area contributed by atoms with Gasteiger partial charge in [-0.3, -0.25) is 0 Å². The van der Waals surface area contributed by atoms with E-state index >= 15 is 0 Å². The first kappa shape index (κ1) is 14.9. The fraction of sp³-hybridized carbons (Fsp3) is 0.312. The predicted octanol–water partition coefficient (Wildman–Crippen LogP) is 3.23. The van der Waals surface area contributed by atoms with Crippen molar-refractivity contribution < 1.29 is 9.84 Å². The molecule has 0 saturated carbocycles. The predicted molar refractivity (Wildman–Crippen MR) is 82.4 cm³/mol. The van der Waals surface area contributed by atoms with E-state index in [0.717, 1.165) is 21.9 Å². The van der Waals surface area contributed by atoms with Crippen molar-refractivity contribution in [3.8, 4) is 5.75 Å².